The average Bonchev–Trinajstić information content (AvgIpc) is 3.12. The number of cyclic esters (lactones) is 1. The second-order valence-electron chi connectivity index (χ2n) is 10.8. The number of nitrogens with zero attached hydrogens (tertiary/aromatic N) is 2. The maximum Gasteiger partial charge on any atom is 0.325 e. The minimum Gasteiger partial charge on any atom is -0.443 e. The largest absolute Gasteiger partial charge is 0.443 e. The van der Waals surface area contributed by atoms with Crippen molar-refractivity contribution in [3.8, 4) is 6.07 Å². The summed E-state index contributed by atoms with van der Waals surface area (Å²) in [6, 6.07) is 9.27. The number of fused-ring (bicyclic) bond motifs is 1. The summed E-state index contributed by atoms with van der Waals surface area (Å²) in [4.78, 5) is 15.2. The van der Waals surface area contributed by atoms with E-state index in [9.17, 15) is 14.4 Å². The van der Waals surface area contributed by atoms with E-state index in [1.165, 1.54) is 36.4 Å². The zero-order chi connectivity index (χ0) is 25.2. The van der Waals surface area contributed by atoms with E-state index in [1.807, 2.05) is 25.7 Å². The van der Waals surface area contributed by atoms with Gasteiger partial charge >= 0.3 is 5.97 Å². The molecule has 2 fully saturated rings. The Morgan fingerprint density at radius 3 is 2.35 bits per heavy atom. The highest BCUT2D eigenvalue weighted by molar-refractivity contribution is 6.31. The maximum atomic E-state index is 15.6. The molecule has 2 aliphatic rings. The van der Waals surface area contributed by atoms with E-state index < -0.39 is 46.7 Å². The Labute approximate surface area is 208 Å². The molecule has 4 rings (SSSR count). The second-order valence-corrected chi connectivity index (χ2v) is 11.6. The summed E-state index contributed by atoms with van der Waals surface area (Å²) >= 11 is 12.2. The highest BCUT2D eigenvalue weighted by Gasteiger charge is 2.70. The van der Waals surface area contributed by atoms with Crippen molar-refractivity contribution in [3.63, 3.8) is 0 Å². The number of hydrogen-bond donors (Lipinski definition) is 0. The topological polar surface area (TPSA) is 53.3 Å². The Balaban J connectivity index is 2.09. The summed E-state index contributed by atoms with van der Waals surface area (Å²) in [6.45, 7) is 9.60. The number of esters is 1. The first-order valence-corrected chi connectivity index (χ1v) is 11.8. The van der Waals surface area contributed by atoms with Crippen molar-refractivity contribution in [2.24, 2.45) is 5.41 Å². The monoisotopic (exact) mass is 506 g/mol. The van der Waals surface area contributed by atoms with Gasteiger partial charge in [-0.25, -0.2) is 13.7 Å². The maximum absolute atomic E-state index is 15.6. The normalized spacial score (nSPS) is 28.5. The van der Waals surface area contributed by atoms with Gasteiger partial charge in [-0.1, -0.05) is 56.1 Å². The van der Waals surface area contributed by atoms with Crippen LogP contribution in [-0.2, 0) is 14.9 Å². The van der Waals surface area contributed by atoms with Gasteiger partial charge in [0.1, 0.15) is 23.1 Å². The molecule has 0 unspecified atom stereocenters. The van der Waals surface area contributed by atoms with Gasteiger partial charge in [0, 0.05) is 22.5 Å². The first kappa shape index (κ1) is 24.9. The van der Waals surface area contributed by atoms with E-state index >= 15 is 4.39 Å². The SMILES string of the molecule is CC(C)(C)C[C@@H]1N2[C@@H](C(=O)OC2(C)C)[C@H](c2ccc(F)c(Cl)c2)[C@@]1(C#N)c1ccc(Cl)cc1F. The van der Waals surface area contributed by atoms with Crippen LogP contribution in [0.4, 0.5) is 8.78 Å². The lowest BCUT2D eigenvalue weighted by atomic mass is 9.62. The van der Waals surface area contributed by atoms with E-state index in [0.717, 1.165) is 0 Å². The van der Waals surface area contributed by atoms with Crippen LogP contribution in [0.15, 0.2) is 36.4 Å². The zero-order valence-electron chi connectivity index (χ0n) is 19.6. The lowest BCUT2D eigenvalue weighted by Crippen LogP contribution is -2.52. The third kappa shape index (κ3) is 3.79. The van der Waals surface area contributed by atoms with Crippen LogP contribution >= 0.6 is 23.2 Å². The number of halogens is 4. The van der Waals surface area contributed by atoms with Crippen LogP contribution in [0.5, 0.6) is 0 Å². The third-order valence-electron chi connectivity index (χ3n) is 6.85. The minimum atomic E-state index is -1.51. The summed E-state index contributed by atoms with van der Waals surface area (Å²) in [5, 5.41) is 10.9. The van der Waals surface area contributed by atoms with E-state index in [2.05, 4.69) is 6.07 Å². The van der Waals surface area contributed by atoms with E-state index in [0.29, 0.717) is 12.0 Å². The molecule has 0 aliphatic carbocycles. The van der Waals surface area contributed by atoms with Crippen molar-refractivity contribution in [3.05, 3.63) is 69.2 Å². The summed E-state index contributed by atoms with van der Waals surface area (Å²) in [5.41, 5.74) is -2.23. The van der Waals surface area contributed by atoms with Crippen molar-refractivity contribution in [1.82, 2.24) is 4.90 Å². The molecule has 2 saturated heterocycles. The Morgan fingerprint density at radius 1 is 1.12 bits per heavy atom. The Kier molecular flexibility index (Phi) is 6.00. The number of rotatable bonds is 3. The molecule has 0 radical (unpaired) electrons. The molecule has 2 aromatic rings. The van der Waals surface area contributed by atoms with Crippen LogP contribution in [0, 0.1) is 28.4 Å². The van der Waals surface area contributed by atoms with E-state index in [4.69, 9.17) is 27.9 Å². The van der Waals surface area contributed by atoms with Crippen LogP contribution in [0.25, 0.3) is 0 Å². The third-order valence-corrected chi connectivity index (χ3v) is 7.38. The van der Waals surface area contributed by atoms with Crippen molar-refractivity contribution in [2.45, 2.75) is 70.2 Å². The lowest BCUT2D eigenvalue weighted by Gasteiger charge is -2.42. The molecule has 0 saturated carbocycles. The predicted octanol–water partition coefficient (Wildman–Crippen LogP) is 6.60. The number of carbonyl (C=O) groups excluding carboxylic acids is 1. The van der Waals surface area contributed by atoms with Gasteiger partial charge in [-0.2, -0.15) is 5.26 Å². The predicted molar refractivity (Wildman–Crippen MR) is 127 cm³/mol. The average molecular weight is 507 g/mol. The lowest BCUT2D eigenvalue weighted by molar-refractivity contribution is -0.152. The molecule has 0 amide bonds. The van der Waals surface area contributed by atoms with Crippen LogP contribution in [0.1, 0.15) is 58.1 Å². The number of nitriles is 1. The molecule has 180 valence electrons. The molecular formula is C26H26Cl2F2N2O2. The molecule has 0 N–H and O–H groups in total. The van der Waals surface area contributed by atoms with Gasteiger partial charge in [-0.3, -0.25) is 4.79 Å². The van der Waals surface area contributed by atoms with Crippen molar-refractivity contribution >= 4 is 29.2 Å². The van der Waals surface area contributed by atoms with Crippen LogP contribution in [0.2, 0.25) is 10.0 Å². The molecule has 2 aliphatic heterocycles. The van der Waals surface area contributed by atoms with Crippen LogP contribution in [-0.4, -0.2) is 28.7 Å². The number of ether oxygens (including phenoxy) is 1. The number of carbonyl (C=O) groups is 1. The van der Waals surface area contributed by atoms with Crippen LogP contribution < -0.4 is 0 Å². The van der Waals surface area contributed by atoms with Gasteiger partial charge in [0.2, 0.25) is 0 Å². The number of hydrogen-bond acceptors (Lipinski definition) is 4. The standard InChI is InChI=1S/C26H26Cl2F2N2O2/c1-24(2,3)12-20-26(13-31,16-8-7-15(27)11-19(16)30)21(14-6-9-18(29)17(28)10-14)22-23(33)34-25(4,5)32(20)22/h6-11,20-22H,12H2,1-5H3/t20-,21-,22+,26-/m0/s1. The highest BCUT2D eigenvalue weighted by atomic mass is 35.5. The van der Waals surface area contributed by atoms with Crippen molar-refractivity contribution < 1.29 is 18.3 Å². The second kappa shape index (κ2) is 8.19. The molecule has 2 aromatic carbocycles. The zero-order valence-corrected chi connectivity index (χ0v) is 21.1. The molecule has 0 spiro atoms. The molecule has 8 heteroatoms. The first-order valence-electron chi connectivity index (χ1n) is 11.1. The summed E-state index contributed by atoms with van der Waals surface area (Å²) < 4.78 is 35.4. The fraction of sp³-hybridized carbons (Fsp3) is 0.462. The van der Waals surface area contributed by atoms with Gasteiger partial charge < -0.3 is 4.74 Å². The fourth-order valence-electron chi connectivity index (χ4n) is 5.72. The van der Waals surface area contributed by atoms with Gasteiger partial charge in [-0.05, 0) is 55.5 Å². The molecule has 0 bridgehead atoms. The van der Waals surface area contributed by atoms with E-state index in [1.54, 1.807) is 13.8 Å². The first-order chi connectivity index (χ1) is 15.7. The Bertz CT molecular complexity index is 1200. The Morgan fingerprint density at radius 2 is 1.79 bits per heavy atom. The molecule has 4 nitrogen and oxygen atoms in total. The smallest absolute Gasteiger partial charge is 0.325 e. The van der Waals surface area contributed by atoms with Gasteiger partial charge in [-0.15, -0.1) is 0 Å². The van der Waals surface area contributed by atoms with E-state index in [-0.39, 0.29) is 21.0 Å². The molecule has 2 heterocycles. The molecular weight excluding hydrogens is 481 g/mol. The summed E-state index contributed by atoms with van der Waals surface area (Å²) in [7, 11) is 0. The van der Waals surface area contributed by atoms with Gasteiger partial charge in [0.25, 0.3) is 0 Å². The van der Waals surface area contributed by atoms with Crippen molar-refractivity contribution in [2.75, 3.05) is 0 Å². The summed E-state index contributed by atoms with van der Waals surface area (Å²) in [5.74, 6) is -2.65. The fourth-order valence-corrected chi connectivity index (χ4v) is 6.06. The van der Waals surface area contributed by atoms with Crippen molar-refractivity contribution in [1.29, 1.82) is 5.26 Å². The molecule has 0 aromatic heterocycles. The minimum absolute atomic E-state index is 0.136. The summed E-state index contributed by atoms with van der Waals surface area (Å²) in [6.07, 6.45) is 0.463. The van der Waals surface area contributed by atoms with Crippen LogP contribution in [0.3, 0.4) is 0 Å². The van der Waals surface area contributed by atoms with Gasteiger partial charge in [0.05, 0.1) is 11.1 Å². The highest BCUT2D eigenvalue weighted by Crippen LogP contribution is 2.60. The molecule has 4 atom stereocenters. The number of benzene rings is 2. The quantitative estimate of drug-likeness (QED) is 0.440. The Hall–Kier alpha value is -2.20. The van der Waals surface area contributed by atoms with Gasteiger partial charge in [0.15, 0.2) is 5.72 Å². The molecule has 34 heavy (non-hydrogen) atoms.